The highest BCUT2D eigenvalue weighted by Crippen LogP contribution is 2.23. The fraction of sp³-hybridized carbons (Fsp3) is 0.818. The highest BCUT2D eigenvalue weighted by Gasteiger charge is 2.23. The van der Waals surface area contributed by atoms with E-state index in [4.69, 9.17) is 0 Å². The van der Waals surface area contributed by atoms with Crippen LogP contribution < -0.4 is 0 Å². The Bertz CT molecular complexity index is 1230. The first-order valence-corrected chi connectivity index (χ1v) is 31.2. The summed E-state index contributed by atoms with van der Waals surface area (Å²) in [6.45, 7) is 17.1. The predicted molar refractivity (Wildman–Crippen MR) is 307 cm³/mol. The Morgan fingerprint density at radius 3 is 0.618 bits per heavy atom. The summed E-state index contributed by atoms with van der Waals surface area (Å²) >= 11 is 0. The Morgan fingerprint density at radius 2 is 0.397 bits per heavy atom. The van der Waals surface area contributed by atoms with Gasteiger partial charge in [-0.15, -0.1) is 0 Å². The zero-order chi connectivity index (χ0) is 48.9. The fourth-order valence-electron chi connectivity index (χ4n) is 11.3. The number of unbranched alkanes of at least 4 members (excludes halogenated alkanes) is 35. The third kappa shape index (κ3) is 35.5. The molecule has 0 aliphatic rings. The van der Waals surface area contributed by atoms with Gasteiger partial charge in [-0.2, -0.15) is 0 Å². The van der Waals surface area contributed by atoms with E-state index < -0.39 is 0 Å². The van der Waals surface area contributed by atoms with Crippen molar-refractivity contribution >= 4 is 0 Å². The predicted octanol–water partition coefficient (Wildman–Crippen LogP) is 21.0. The maximum Gasteiger partial charge on any atom is 0.104 e. The van der Waals surface area contributed by atoms with E-state index in [0.29, 0.717) is 0 Å². The second kappa shape index (κ2) is 44.1. The van der Waals surface area contributed by atoms with Crippen LogP contribution in [0.5, 0.6) is 0 Å². The quantitative estimate of drug-likeness (QED) is 0.0458. The molecule has 0 amide bonds. The minimum atomic E-state index is 1.21. The van der Waals surface area contributed by atoms with E-state index >= 15 is 0 Å². The van der Waals surface area contributed by atoms with Gasteiger partial charge in [0, 0.05) is 11.1 Å². The second-order valence-electron chi connectivity index (χ2n) is 23.3. The van der Waals surface area contributed by atoms with Gasteiger partial charge in [0.15, 0.2) is 0 Å². The van der Waals surface area contributed by atoms with E-state index in [1.165, 1.54) is 318 Å². The Balaban J connectivity index is 1.73. The zero-order valence-electron chi connectivity index (χ0n) is 47.5. The number of benzene rings is 2. The molecule has 0 N–H and O–H groups in total. The van der Waals surface area contributed by atoms with Crippen molar-refractivity contribution in [2.75, 3.05) is 40.3 Å². The molecule has 2 heteroatoms. The maximum absolute atomic E-state index is 2.59. The van der Waals surface area contributed by atoms with Crippen molar-refractivity contribution in [1.29, 1.82) is 0 Å². The molecular weight excluding hydrogens is 821 g/mol. The Labute approximate surface area is 428 Å². The van der Waals surface area contributed by atoms with Crippen molar-refractivity contribution in [1.82, 2.24) is 0 Å². The minimum absolute atomic E-state index is 1.21. The van der Waals surface area contributed by atoms with Gasteiger partial charge in [-0.3, -0.25) is 0 Å². The number of rotatable bonds is 51. The van der Waals surface area contributed by atoms with Crippen LogP contribution >= 0.6 is 0 Å². The molecule has 68 heavy (non-hydrogen) atoms. The molecule has 2 aromatic carbocycles. The van der Waals surface area contributed by atoms with Gasteiger partial charge in [0.1, 0.15) is 13.1 Å². The lowest BCUT2D eigenvalue weighted by Crippen LogP contribution is -2.44. The highest BCUT2D eigenvalue weighted by atomic mass is 15.3. The minimum Gasteiger partial charge on any atom is -0.322 e. The van der Waals surface area contributed by atoms with E-state index in [1.807, 2.05) is 0 Å². The number of aryl methyl sites for hydroxylation is 2. The summed E-state index contributed by atoms with van der Waals surface area (Å²) < 4.78 is 2.46. The molecule has 0 spiro atoms. The zero-order valence-corrected chi connectivity index (χ0v) is 47.5. The van der Waals surface area contributed by atoms with Crippen LogP contribution in [0.2, 0.25) is 0 Å². The fourth-order valence-corrected chi connectivity index (χ4v) is 11.3. The van der Waals surface area contributed by atoms with Crippen molar-refractivity contribution < 1.29 is 8.97 Å². The van der Waals surface area contributed by atoms with Gasteiger partial charge in [0.05, 0.1) is 40.3 Å². The van der Waals surface area contributed by atoms with Crippen molar-refractivity contribution in [3.8, 4) is 0 Å². The first-order valence-electron chi connectivity index (χ1n) is 31.2. The molecule has 0 aliphatic heterocycles. The van der Waals surface area contributed by atoms with Crippen molar-refractivity contribution in [3.63, 3.8) is 0 Å². The number of hydrogen-bond donors (Lipinski definition) is 0. The average molecular weight is 944 g/mol. The van der Waals surface area contributed by atoms with Crippen LogP contribution in [0.4, 0.5) is 0 Å². The van der Waals surface area contributed by atoms with Crippen LogP contribution in [-0.4, -0.2) is 49.2 Å². The van der Waals surface area contributed by atoms with Crippen LogP contribution in [0.1, 0.15) is 307 Å². The lowest BCUT2D eigenvalue weighted by Gasteiger charge is -2.35. The maximum atomic E-state index is 2.59. The van der Waals surface area contributed by atoms with Gasteiger partial charge in [-0.05, 0) is 88.2 Å². The summed E-state index contributed by atoms with van der Waals surface area (Å²) in [7, 11) is 5.17. The molecule has 2 atom stereocenters. The van der Waals surface area contributed by atoms with Gasteiger partial charge in [-0.25, -0.2) is 0 Å². The molecule has 0 bridgehead atoms. The standard InChI is InChI=1S/C66H122N2/c1-7-11-15-19-21-23-27-31-37-43-57-67(5,61-65-53-49-63(50-54-65)47-41-35-17-13-9-3)59-45-39-33-29-25-26-30-34-40-46-60-68(6,58-44-38-32-28-24-22-20-16-12-8-2)62-66-55-51-64(52-56-66)48-42-36-18-14-10-4/h49-56H,7-48,57-62H2,1-6H3/q+2. The van der Waals surface area contributed by atoms with Crippen LogP contribution in [0.3, 0.4) is 0 Å². The van der Waals surface area contributed by atoms with E-state index in [1.54, 1.807) is 22.3 Å². The monoisotopic (exact) mass is 943 g/mol. The normalized spacial score (nSPS) is 13.6. The highest BCUT2D eigenvalue weighted by molar-refractivity contribution is 5.23. The van der Waals surface area contributed by atoms with Crippen molar-refractivity contribution in [3.05, 3.63) is 70.8 Å². The summed E-state index contributed by atoms with van der Waals surface area (Å²) in [4.78, 5) is 0. The molecule has 0 heterocycles. The Hall–Kier alpha value is -1.64. The van der Waals surface area contributed by atoms with Crippen LogP contribution in [0.25, 0.3) is 0 Å². The lowest BCUT2D eigenvalue weighted by molar-refractivity contribution is -0.923. The largest absolute Gasteiger partial charge is 0.322 e. The summed E-state index contributed by atoms with van der Waals surface area (Å²) in [5.74, 6) is 0. The first kappa shape index (κ1) is 62.5. The second-order valence-corrected chi connectivity index (χ2v) is 23.3. The van der Waals surface area contributed by atoms with Gasteiger partial charge >= 0.3 is 0 Å². The molecular formula is C66H122N2+2. The molecule has 0 saturated heterocycles. The number of quaternary nitrogens is 2. The number of nitrogens with zero attached hydrogens (tertiary/aromatic N) is 2. The van der Waals surface area contributed by atoms with Crippen molar-refractivity contribution in [2.24, 2.45) is 0 Å². The lowest BCUT2D eigenvalue weighted by atomic mass is 10.0. The summed E-state index contributed by atoms with van der Waals surface area (Å²) in [5, 5.41) is 0. The summed E-state index contributed by atoms with van der Waals surface area (Å²) in [6, 6.07) is 19.7. The van der Waals surface area contributed by atoms with Gasteiger partial charge in [-0.1, -0.05) is 269 Å². The van der Waals surface area contributed by atoms with Crippen LogP contribution in [0.15, 0.2) is 48.5 Å². The number of hydrogen-bond acceptors (Lipinski definition) is 0. The molecule has 2 nitrogen and oxygen atoms in total. The van der Waals surface area contributed by atoms with E-state index in [2.05, 4.69) is 90.3 Å². The Kier molecular flexibility index (Phi) is 40.5. The van der Waals surface area contributed by atoms with Gasteiger partial charge in [0.2, 0.25) is 0 Å². The molecule has 2 rings (SSSR count). The molecule has 2 unspecified atom stereocenters. The molecule has 0 aliphatic carbocycles. The average Bonchev–Trinajstić information content (AvgIpc) is 3.34. The third-order valence-corrected chi connectivity index (χ3v) is 16.1. The summed E-state index contributed by atoms with van der Waals surface area (Å²) in [5.41, 5.74) is 6.20. The molecule has 0 fully saturated rings. The SMILES string of the molecule is CCCCCCCCCCCC[N+](C)(CCCCCCCCCCCC[N+](C)(CCCCCCCCCCCC)Cc1ccc(CCCCCCC)cc1)Cc1ccc(CCCCCCC)cc1. The third-order valence-electron chi connectivity index (χ3n) is 16.1. The molecule has 394 valence electrons. The van der Waals surface area contributed by atoms with Crippen LogP contribution in [-0.2, 0) is 25.9 Å². The van der Waals surface area contributed by atoms with E-state index in [9.17, 15) is 0 Å². The molecule has 2 aromatic rings. The van der Waals surface area contributed by atoms with E-state index in [0.717, 1.165) is 0 Å². The summed E-state index contributed by atoms with van der Waals surface area (Å²) in [6.07, 6.45) is 59.0. The Morgan fingerprint density at radius 1 is 0.221 bits per heavy atom. The van der Waals surface area contributed by atoms with Gasteiger partial charge < -0.3 is 8.97 Å². The topological polar surface area (TPSA) is 0 Å². The first-order chi connectivity index (χ1) is 33.3. The molecule has 0 saturated carbocycles. The van der Waals surface area contributed by atoms with Gasteiger partial charge in [0.25, 0.3) is 0 Å². The van der Waals surface area contributed by atoms with Crippen molar-refractivity contribution in [2.45, 2.75) is 310 Å². The molecule has 0 radical (unpaired) electrons. The smallest absolute Gasteiger partial charge is 0.104 e. The molecule has 0 aromatic heterocycles. The van der Waals surface area contributed by atoms with Crippen LogP contribution in [0, 0.1) is 0 Å². The van der Waals surface area contributed by atoms with E-state index in [-0.39, 0.29) is 0 Å².